The molecule has 0 aliphatic rings. The first-order chi connectivity index (χ1) is 6.81. The maximum Gasteiger partial charge on any atom is 0.195 e. The Balaban J connectivity index is 2.46. The van der Waals surface area contributed by atoms with E-state index in [-0.39, 0.29) is 0 Å². The van der Waals surface area contributed by atoms with Gasteiger partial charge in [-0.25, -0.2) is 15.0 Å². The van der Waals surface area contributed by atoms with Gasteiger partial charge in [0.2, 0.25) is 0 Å². The molecule has 2 heterocycles. The third-order valence-electron chi connectivity index (χ3n) is 1.91. The number of hydrogen-bond acceptors (Lipinski definition) is 3. The second-order valence-corrected chi connectivity index (χ2v) is 3.46. The molecule has 0 aliphatic carbocycles. The Morgan fingerprint density at radius 2 is 2.29 bits per heavy atom. The predicted octanol–water partition coefficient (Wildman–Crippen LogP) is 2.07. The van der Waals surface area contributed by atoms with E-state index in [1.165, 1.54) is 0 Å². The van der Waals surface area contributed by atoms with E-state index in [1.54, 1.807) is 18.6 Å². The molecule has 0 saturated heterocycles. The standard InChI is InChI=1S/C9H9BrN4/c1-6-5-13-9(14-7(6)4-10)8-11-2-3-12-8/h2-3,5H,4H2,1H3,(H,11,12). The summed E-state index contributed by atoms with van der Waals surface area (Å²) in [6.07, 6.45) is 5.25. The summed E-state index contributed by atoms with van der Waals surface area (Å²) in [5, 5.41) is 0.731. The number of aromatic nitrogens is 4. The van der Waals surface area contributed by atoms with Crippen molar-refractivity contribution in [2.45, 2.75) is 12.3 Å². The third-order valence-corrected chi connectivity index (χ3v) is 2.44. The van der Waals surface area contributed by atoms with Crippen molar-refractivity contribution in [1.82, 2.24) is 19.9 Å². The minimum atomic E-state index is 0.634. The quantitative estimate of drug-likeness (QED) is 0.833. The van der Waals surface area contributed by atoms with Crippen LogP contribution in [-0.2, 0) is 5.33 Å². The van der Waals surface area contributed by atoms with Crippen molar-refractivity contribution in [2.24, 2.45) is 0 Å². The van der Waals surface area contributed by atoms with Crippen molar-refractivity contribution >= 4 is 15.9 Å². The van der Waals surface area contributed by atoms with Crippen molar-refractivity contribution in [3.05, 3.63) is 29.8 Å². The van der Waals surface area contributed by atoms with Crippen LogP contribution in [0.1, 0.15) is 11.3 Å². The smallest absolute Gasteiger partial charge is 0.195 e. The Hall–Kier alpha value is -1.23. The van der Waals surface area contributed by atoms with Crippen LogP contribution in [0.3, 0.4) is 0 Å². The lowest BCUT2D eigenvalue weighted by Crippen LogP contribution is -1.97. The summed E-state index contributed by atoms with van der Waals surface area (Å²) in [6, 6.07) is 0. The van der Waals surface area contributed by atoms with Gasteiger partial charge in [-0.3, -0.25) is 0 Å². The minimum absolute atomic E-state index is 0.634. The molecule has 0 atom stereocenters. The van der Waals surface area contributed by atoms with Crippen LogP contribution < -0.4 is 0 Å². The minimum Gasteiger partial charge on any atom is -0.342 e. The molecule has 2 rings (SSSR count). The second-order valence-electron chi connectivity index (χ2n) is 2.89. The van der Waals surface area contributed by atoms with Crippen LogP contribution in [0.2, 0.25) is 0 Å². The van der Waals surface area contributed by atoms with E-state index in [4.69, 9.17) is 0 Å². The van der Waals surface area contributed by atoms with Gasteiger partial charge in [-0.15, -0.1) is 0 Å². The van der Waals surface area contributed by atoms with E-state index in [0.717, 1.165) is 16.6 Å². The van der Waals surface area contributed by atoms with Crippen LogP contribution >= 0.6 is 15.9 Å². The van der Waals surface area contributed by atoms with Crippen molar-refractivity contribution in [3.63, 3.8) is 0 Å². The Morgan fingerprint density at radius 1 is 1.43 bits per heavy atom. The van der Waals surface area contributed by atoms with Gasteiger partial charge in [0.15, 0.2) is 11.6 Å². The maximum atomic E-state index is 4.38. The summed E-state index contributed by atoms with van der Waals surface area (Å²) in [4.78, 5) is 15.7. The molecule has 0 amide bonds. The maximum absolute atomic E-state index is 4.38. The molecule has 2 aromatic rings. The number of aryl methyl sites for hydroxylation is 1. The molecule has 0 aliphatic heterocycles. The largest absolute Gasteiger partial charge is 0.342 e. The number of nitrogens with zero attached hydrogens (tertiary/aromatic N) is 3. The molecule has 0 fully saturated rings. The third kappa shape index (κ3) is 1.68. The number of imidazole rings is 1. The van der Waals surface area contributed by atoms with Crippen LogP contribution in [0.5, 0.6) is 0 Å². The van der Waals surface area contributed by atoms with Crippen molar-refractivity contribution in [3.8, 4) is 11.6 Å². The van der Waals surface area contributed by atoms with Gasteiger partial charge in [-0.1, -0.05) is 15.9 Å². The van der Waals surface area contributed by atoms with E-state index in [0.29, 0.717) is 11.6 Å². The molecule has 0 unspecified atom stereocenters. The van der Waals surface area contributed by atoms with E-state index >= 15 is 0 Å². The Kier molecular flexibility index (Phi) is 2.58. The number of nitrogens with one attached hydrogen (secondary N) is 1. The number of aromatic amines is 1. The first-order valence-electron chi connectivity index (χ1n) is 4.19. The second kappa shape index (κ2) is 3.88. The van der Waals surface area contributed by atoms with Gasteiger partial charge < -0.3 is 4.98 Å². The molecule has 1 N–H and O–H groups in total. The van der Waals surface area contributed by atoms with Crippen molar-refractivity contribution in [1.29, 1.82) is 0 Å². The predicted molar refractivity (Wildman–Crippen MR) is 57.0 cm³/mol. The summed E-state index contributed by atoms with van der Waals surface area (Å²) in [5.41, 5.74) is 2.07. The summed E-state index contributed by atoms with van der Waals surface area (Å²) < 4.78 is 0. The summed E-state index contributed by atoms with van der Waals surface area (Å²) in [6.45, 7) is 1.99. The molecule has 72 valence electrons. The fraction of sp³-hybridized carbons (Fsp3) is 0.222. The van der Waals surface area contributed by atoms with Crippen molar-refractivity contribution < 1.29 is 0 Å². The van der Waals surface area contributed by atoms with Gasteiger partial charge in [-0.2, -0.15) is 0 Å². The number of alkyl halides is 1. The fourth-order valence-corrected chi connectivity index (χ4v) is 1.68. The number of H-pyrrole nitrogens is 1. The molecule has 0 bridgehead atoms. The van der Waals surface area contributed by atoms with Crippen LogP contribution in [0.15, 0.2) is 18.6 Å². The van der Waals surface area contributed by atoms with E-state index in [2.05, 4.69) is 35.9 Å². The fourth-order valence-electron chi connectivity index (χ4n) is 1.11. The molecule has 2 aromatic heterocycles. The van der Waals surface area contributed by atoms with E-state index < -0.39 is 0 Å². The Labute approximate surface area is 90.0 Å². The van der Waals surface area contributed by atoms with Crippen LogP contribution in [0, 0.1) is 6.92 Å². The Morgan fingerprint density at radius 3 is 2.93 bits per heavy atom. The van der Waals surface area contributed by atoms with E-state index in [9.17, 15) is 0 Å². The molecule has 0 spiro atoms. The SMILES string of the molecule is Cc1cnc(-c2ncc[nH]2)nc1CBr. The first-order valence-corrected chi connectivity index (χ1v) is 5.31. The van der Waals surface area contributed by atoms with Gasteiger partial charge in [0.05, 0.1) is 5.69 Å². The Bertz CT molecular complexity index is 424. The molecule has 0 radical (unpaired) electrons. The van der Waals surface area contributed by atoms with E-state index in [1.807, 2.05) is 6.92 Å². The summed E-state index contributed by atoms with van der Waals surface area (Å²) in [7, 11) is 0. The summed E-state index contributed by atoms with van der Waals surface area (Å²) >= 11 is 3.38. The molecule has 14 heavy (non-hydrogen) atoms. The molecular weight excluding hydrogens is 244 g/mol. The zero-order chi connectivity index (χ0) is 9.97. The zero-order valence-corrected chi connectivity index (χ0v) is 9.24. The van der Waals surface area contributed by atoms with Gasteiger partial charge >= 0.3 is 0 Å². The molecule has 5 heteroatoms. The lowest BCUT2D eigenvalue weighted by Gasteiger charge is -2.01. The molecule has 0 aromatic carbocycles. The van der Waals surface area contributed by atoms with Gasteiger partial charge in [0.25, 0.3) is 0 Å². The topological polar surface area (TPSA) is 54.5 Å². The first kappa shape index (κ1) is 9.33. The van der Waals surface area contributed by atoms with Gasteiger partial charge in [0.1, 0.15) is 0 Å². The molecule has 4 nitrogen and oxygen atoms in total. The average Bonchev–Trinajstić information content (AvgIpc) is 2.71. The highest BCUT2D eigenvalue weighted by Crippen LogP contribution is 2.13. The average molecular weight is 253 g/mol. The van der Waals surface area contributed by atoms with Crippen LogP contribution in [0.4, 0.5) is 0 Å². The lowest BCUT2D eigenvalue weighted by atomic mass is 10.3. The van der Waals surface area contributed by atoms with Crippen molar-refractivity contribution in [2.75, 3.05) is 0 Å². The molecule has 0 saturated carbocycles. The number of hydrogen-bond donors (Lipinski definition) is 1. The normalized spacial score (nSPS) is 10.4. The number of rotatable bonds is 2. The van der Waals surface area contributed by atoms with Crippen LogP contribution in [-0.4, -0.2) is 19.9 Å². The lowest BCUT2D eigenvalue weighted by molar-refractivity contribution is 1.04. The monoisotopic (exact) mass is 252 g/mol. The van der Waals surface area contributed by atoms with Gasteiger partial charge in [0, 0.05) is 23.9 Å². The van der Waals surface area contributed by atoms with Gasteiger partial charge in [-0.05, 0) is 12.5 Å². The zero-order valence-electron chi connectivity index (χ0n) is 7.66. The summed E-state index contributed by atoms with van der Waals surface area (Å²) in [5.74, 6) is 1.34. The highest BCUT2D eigenvalue weighted by Gasteiger charge is 2.06. The number of halogens is 1. The van der Waals surface area contributed by atoms with Crippen LogP contribution in [0.25, 0.3) is 11.6 Å². The highest BCUT2D eigenvalue weighted by molar-refractivity contribution is 9.08. The highest BCUT2D eigenvalue weighted by atomic mass is 79.9. The molecular formula is C9H9BrN4.